The summed E-state index contributed by atoms with van der Waals surface area (Å²) in [6.45, 7) is 1.91. The number of amides is 2. The second-order valence-corrected chi connectivity index (χ2v) is 8.73. The van der Waals surface area contributed by atoms with Gasteiger partial charge < -0.3 is 15.3 Å². The van der Waals surface area contributed by atoms with Crippen LogP contribution in [0.15, 0.2) is 48.8 Å². The number of benzene rings is 1. The van der Waals surface area contributed by atoms with E-state index in [0.717, 1.165) is 22.4 Å². The van der Waals surface area contributed by atoms with Crippen LogP contribution in [0, 0.1) is 6.92 Å². The summed E-state index contributed by atoms with van der Waals surface area (Å²) in [5.41, 5.74) is 5.22. The monoisotopic (exact) mass is 478 g/mol. The number of pyridine rings is 1. The number of aliphatic hydroxyl groups is 1. The maximum absolute atomic E-state index is 13.1. The van der Waals surface area contributed by atoms with Crippen molar-refractivity contribution >= 4 is 29.1 Å². The first kappa shape index (κ1) is 22.1. The molecule has 4 heterocycles. The van der Waals surface area contributed by atoms with E-state index >= 15 is 0 Å². The van der Waals surface area contributed by atoms with Crippen molar-refractivity contribution in [2.75, 3.05) is 19.7 Å². The zero-order chi connectivity index (χ0) is 24.0. The van der Waals surface area contributed by atoms with Crippen LogP contribution in [0.2, 0.25) is 5.15 Å². The second-order valence-electron chi connectivity index (χ2n) is 8.37. The second kappa shape index (κ2) is 8.58. The first-order chi connectivity index (χ1) is 16.4. The fourth-order valence-electron chi connectivity index (χ4n) is 4.37. The highest BCUT2D eigenvalue weighted by molar-refractivity contribution is 6.32. The highest BCUT2D eigenvalue weighted by atomic mass is 35.5. The molecular formula is C24H23ClN6O3. The van der Waals surface area contributed by atoms with E-state index in [1.54, 1.807) is 27.4 Å². The fraction of sp³-hybridized carbons (Fsp3) is 0.250. The van der Waals surface area contributed by atoms with Crippen molar-refractivity contribution in [1.29, 1.82) is 0 Å². The summed E-state index contributed by atoms with van der Waals surface area (Å²) in [5.74, 6) is -0.601. The lowest BCUT2D eigenvalue weighted by atomic mass is 9.99. The Labute approximate surface area is 200 Å². The van der Waals surface area contributed by atoms with Gasteiger partial charge in [-0.15, -0.1) is 0 Å². The molecule has 0 aliphatic carbocycles. The van der Waals surface area contributed by atoms with Crippen LogP contribution < -0.4 is 5.32 Å². The molecule has 0 bridgehead atoms. The molecular weight excluding hydrogens is 456 g/mol. The lowest BCUT2D eigenvalue weighted by Gasteiger charge is -2.32. The lowest BCUT2D eigenvalue weighted by Crippen LogP contribution is -2.57. The van der Waals surface area contributed by atoms with Gasteiger partial charge in [0.05, 0.1) is 24.9 Å². The highest BCUT2D eigenvalue weighted by Crippen LogP contribution is 2.37. The number of nitrogens with zero attached hydrogens (tertiary/aromatic N) is 5. The molecule has 4 aromatic rings. The minimum atomic E-state index is -0.478. The van der Waals surface area contributed by atoms with E-state index < -0.39 is 6.04 Å². The number of halogens is 1. The molecule has 5 rings (SSSR count). The van der Waals surface area contributed by atoms with Gasteiger partial charge in [0.15, 0.2) is 0 Å². The largest absolute Gasteiger partial charge is 0.394 e. The molecule has 0 radical (unpaired) electrons. The number of hydrogen-bond donors (Lipinski definition) is 2. The summed E-state index contributed by atoms with van der Waals surface area (Å²) in [4.78, 5) is 31.2. The van der Waals surface area contributed by atoms with Gasteiger partial charge in [0.2, 0.25) is 5.91 Å². The summed E-state index contributed by atoms with van der Waals surface area (Å²) in [6.07, 6.45) is 3.66. The molecule has 1 fully saturated rings. The van der Waals surface area contributed by atoms with E-state index in [9.17, 15) is 14.7 Å². The molecule has 34 heavy (non-hydrogen) atoms. The van der Waals surface area contributed by atoms with Crippen LogP contribution in [-0.2, 0) is 11.8 Å². The predicted molar refractivity (Wildman–Crippen MR) is 127 cm³/mol. The first-order valence-electron chi connectivity index (χ1n) is 10.8. The summed E-state index contributed by atoms with van der Waals surface area (Å²) in [5, 5.41) is 16.9. The third kappa shape index (κ3) is 3.82. The molecule has 1 saturated heterocycles. The van der Waals surface area contributed by atoms with Gasteiger partial charge >= 0.3 is 0 Å². The first-order valence-corrected chi connectivity index (χ1v) is 11.2. The number of rotatable bonds is 4. The topological polar surface area (TPSA) is 105 Å². The van der Waals surface area contributed by atoms with Crippen LogP contribution in [-0.4, -0.2) is 66.7 Å². The van der Waals surface area contributed by atoms with Gasteiger partial charge in [-0.05, 0) is 24.6 Å². The number of aryl methyl sites for hydroxylation is 2. The average molecular weight is 479 g/mol. The molecule has 1 aliphatic rings. The summed E-state index contributed by atoms with van der Waals surface area (Å²) >= 11 is 6.74. The van der Waals surface area contributed by atoms with Gasteiger partial charge in [0.1, 0.15) is 16.5 Å². The summed E-state index contributed by atoms with van der Waals surface area (Å²) in [6, 6.07) is 10.7. The Hall–Kier alpha value is -3.69. The van der Waals surface area contributed by atoms with Crippen molar-refractivity contribution in [3.8, 4) is 22.4 Å². The molecule has 10 heteroatoms. The van der Waals surface area contributed by atoms with Crippen molar-refractivity contribution in [3.63, 3.8) is 0 Å². The van der Waals surface area contributed by atoms with Crippen LogP contribution >= 0.6 is 11.6 Å². The molecule has 0 unspecified atom stereocenters. The van der Waals surface area contributed by atoms with E-state index in [4.69, 9.17) is 16.6 Å². The van der Waals surface area contributed by atoms with E-state index in [1.165, 1.54) is 4.90 Å². The Kier molecular flexibility index (Phi) is 5.59. The standard InChI is InChI=1S/C24H23ClN6O3/c1-14-19(11-29(2)28-14)17-5-3-4-6-18(17)22-23(25)31-8-7-15(9-20(31)27-22)24(34)30-10-16(13-32)26-21(33)12-30/h3-9,11,16,32H,10,12-13H2,1-2H3,(H,26,33)/t16-/m1/s1. The van der Waals surface area contributed by atoms with Gasteiger partial charge in [0, 0.05) is 42.7 Å². The maximum Gasteiger partial charge on any atom is 0.254 e. The minimum absolute atomic E-state index is 0.0567. The Morgan fingerprint density at radius 3 is 2.71 bits per heavy atom. The molecule has 1 aromatic carbocycles. The molecule has 0 saturated carbocycles. The number of nitrogens with one attached hydrogen (secondary N) is 1. The molecule has 2 N–H and O–H groups in total. The Bertz CT molecular complexity index is 1430. The van der Waals surface area contributed by atoms with Crippen molar-refractivity contribution in [2.24, 2.45) is 7.05 Å². The lowest BCUT2D eigenvalue weighted by molar-refractivity contribution is -0.125. The molecule has 9 nitrogen and oxygen atoms in total. The molecule has 174 valence electrons. The number of piperazine rings is 1. The SMILES string of the molecule is Cc1nn(C)cc1-c1ccccc1-c1nc2cc(C(=O)N3CC(=O)N[C@@H](CO)C3)ccn2c1Cl. The van der Waals surface area contributed by atoms with Crippen LogP contribution in [0.25, 0.3) is 28.0 Å². The third-order valence-corrected chi connectivity index (χ3v) is 6.31. The number of hydrogen-bond acceptors (Lipinski definition) is 5. The smallest absolute Gasteiger partial charge is 0.254 e. The third-order valence-electron chi connectivity index (χ3n) is 5.95. The van der Waals surface area contributed by atoms with Crippen molar-refractivity contribution in [1.82, 2.24) is 29.4 Å². The quantitative estimate of drug-likeness (QED) is 0.468. The van der Waals surface area contributed by atoms with Crippen molar-refractivity contribution < 1.29 is 14.7 Å². The summed E-state index contributed by atoms with van der Waals surface area (Å²) < 4.78 is 3.49. The van der Waals surface area contributed by atoms with Gasteiger partial charge in [0.25, 0.3) is 5.91 Å². The molecule has 2 amide bonds. The van der Waals surface area contributed by atoms with E-state index in [-0.39, 0.29) is 31.5 Å². The number of carbonyl (C=O) groups excluding carboxylic acids is 2. The normalized spacial score (nSPS) is 16.2. The number of fused-ring (bicyclic) bond motifs is 1. The molecule has 1 aliphatic heterocycles. The maximum atomic E-state index is 13.1. The van der Waals surface area contributed by atoms with Gasteiger partial charge in [-0.3, -0.25) is 18.7 Å². The van der Waals surface area contributed by atoms with Gasteiger partial charge in [-0.25, -0.2) is 4.98 Å². The van der Waals surface area contributed by atoms with E-state index in [0.29, 0.717) is 22.1 Å². The average Bonchev–Trinajstić information content (AvgIpc) is 3.35. The van der Waals surface area contributed by atoms with E-state index in [2.05, 4.69) is 10.4 Å². The predicted octanol–water partition coefficient (Wildman–Crippen LogP) is 2.30. The van der Waals surface area contributed by atoms with Crippen molar-refractivity contribution in [2.45, 2.75) is 13.0 Å². The zero-order valence-electron chi connectivity index (χ0n) is 18.7. The Morgan fingerprint density at radius 1 is 1.24 bits per heavy atom. The van der Waals surface area contributed by atoms with Gasteiger partial charge in [-0.1, -0.05) is 35.9 Å². The van der Waals surface area contributed by atoms with Crippen molar-refractivity contribution in [3.05, 3.63) is 65.2 Å². The summed E-state index contributed by atoms with van der Waals surface area (Å²) in [7, 11) is 1.88. The number of carbonyl (C=O) groups is 2. The minimum Gasteiger partial charge on any atom is -0.394 e. The van der Waals surface area contributed by atoms with Gasteiger partial charge in [-0.2, -0.15) is 5.10 Å². The van der Waals surface area contributed by atoms with Crippen LogP contribution in [0.5, 0.6) is 0 Å². The fourth-order valence-corrected chi connectivity index (χ4v) is 4.66. The van der Waals surface area contributed by atoms with Crippen LogP contribution in [0.4, 0.5) is 0 Å². The number of aliphatic hydroxyl groups excluding tert-OH is 1. The molecule has 3 aromatic heterocycles. The van der Waals surface area contributed by atoms with Crippen LogP contribution in [0.3, 0.4) is 0 Å². The molecule has 0 spiro atoms. The Balaban J connectivity index is 1.54. The zero-order valence-corrected chi connectivity index (χ0v) is 19.5. The highest BCUT2D eigenvalue weighted by Gasteiger charge is 2.28. The van der Waals surface area contributed by atoms with E-state index in [1.807, 2.05) is 44.4 Å². The van der Waals surface area contributed by atoms with Crippen LogP contribution in [0.1, 0.15) is 16.1 Å². The number of aromatic nitrogens is 4. The Morgan fingerprint density at radius 2 is 2.00 bits per heavy atom. The molecule has 1 atom stereocenters. The number of imidazole rings is 1.